The number of piperidine rings is 1. The van der Waals surface area contributed by atoms with Gasteiger partial charge in [0, 0.05) is 18.7 Å². The highest BCUT2D eigenvalue weighted by Gasteiger charge is 2.63. The summed E-state index contributed by atoms with van der Waals surface area (Å²) in [5, 5.41) is 2.87. The minimum Gasteiger partial charge on any atom is -0.469 e. The van der Waals surface area contributed by atoms with Crippen LogP contribution in [0, 0.1) is 11.3 Å². The van der Waals surface area contributed by atoms with E-state index in [1.807, 2.05) is 25.7 Å². The van der Waals surface area contributed by atoms with Gasteiger partial charge >= 0.3 is 12.4 Å². The zero-order chi connectivity index (χ0) is 31.4. The average molecular weight is 604 g/mol. The van der Waals surface area contributed by atoms with E-state index in [0.29, 0.717) is 48.5 Å². The number of amides is 4. The normalized spacial score (nSPS) is 19.4. The van der Waals surface area contributed by atoms with Gasteiger partial charge < -0.3 is 19.7 Å². The Bertz CT molecular complexity index is 1270. The molecule has 0 radical (unpaired) electrons. The van der Waals surface area contributed by atoms with Gasteiger partial charge in [-0.3, -0.25) is 9.59 Å². The van der Waals surface area contributed by atoms with Crippen molar-refractivity contribution in [3.8, 4) is 11.5 Å². The summed E-state index contributed by atoms with van der Waals surface area (Å²) in [6, 6.07) is 10.9. The second-order valence-electron chi connectivity index (χ2n) is 11.4. The number of urea groups is 1. The van der Waals surface area contributed by atoms with Crippen LogP contribution in [-0.2, 0) is 4.79 Å². The van der Waals surface area contributed by atoms with Crippen LogP contribution in [0.4, 0.5) is 18.0 Å². The molecule has 2 fully saturated rings. The molecule has 2 heterocycles. The summed E-state index contributed by atoms with van der Waals surface area (Å²) in [6.07, 6.45) is -1.63. The summed E-state index contributed by atoms with van der Waals surface area (Å²) < 4.78 is 47.9. The van der Waals surface area contributed by atoms with Crippen LogP contribution in [0.5, 0.6) is 11.5 Å². The summed E-state index contributed by atoms with van der Waals surface area (Å²) in [4.78, 5) is 42.8. The lowest BCUT2D eigenvalue weighted by Gasteiger charge is -2.53. The van der Waals surface area contributed by atoms with Crippen molar-refractivity contribution < 1.29 is 37.0 Å². The molecule has 4 amide bonds. The summed E-state index contributed by atoms with van der Waals surface area (Å²) in [7, 11) is 0. The number of halogens is 3. The zero-order valence-corrected chi connectivity index (χ0v) is 25.1. The molecule has 11 heteroatoms. The van der Waals surface area contributed by atoms with Crippen LogP contribution in [0.1, 0.15) is 88.2 Å². The highest BCUT2D eigenvalue weighted by atomic mass is 19.4. The minimum absolute atomic E-state index is 0.0327. The number of nitrogens with zero attached hydrogens (tertiary/aromatic N) is 2. The molecule has 0 aromatic heterocycles. The van der Waals surface area contributed by atoms with E-state index < -0.39 is 30.1 Å². The molecule has 2 aliphatic heterocycles. The summed E-state index contributed by atoms with van der Waals surface area (Å²) >= 11 is 0. The van der Waals surface area contributed by atoms with Gasteiger partial charge in [-0.05, 0) is 80.0 Å². The first kappa shape index (κ1) is 32.2. The number of rotatable bonds is 10. The first-order chi connectivity index (χ1) is 20.4. The number of hydrogen-bond donors (Lipinski definition) is 1. The molecule has 0 bridgehead atoms. The van der Waals surface area contributed by atoms with Crippen LogP contribution < -0.4 is 14.8 Å². The molecule has 2 saturated heterocycles. The van der Waals surface area contributed by atoms with Gasteiger partial charge in [0.05, 0.1) is 6.04 Å². The van der Waals surface area contributed by atoms with Crippen LogP contribution in [0.15, 0.2) is 48.5 Å². The average Bonchev–Trinajstić information content (AvgIpc) is 2.97. The molecule has 1 N–H and O–H groups in total. The van der Waals surface area contributed by atoms with Gasteiger partial charge in [-0.1, -0.05) is 46.2 Å². The van der Waals surface area contributed by atoms with Gasteiger partial charge in [0.1, 0.15) is 16.9 Å². The minimum atomic E-state index is -4.81. The molecule has 0 aliphatic carbocycles. The molecule has 2 aliphatic rings. The standard InChI is InChI=1S/C32H40F3N3O5/c1-5-8-26(22-9-15-25(16-10-22)43-32(33,34)35)36-30(41)38-28(40)31(6-2,7-3)29(38)42-24-13-11-23(12-14-24)27(39)37-19-17-21(4)18-20-37/h9-16,21,26,29H,5-8,17-20H2,1-4H3,(H,36,41). The maximum atomic E-state index is 13.5. The highest BCUT2D eigenvalue weighted by molar-refractivity contribution is 6.03. The van der Waals surface area contributed by atoms with Gasteiger partial charge in [0.2, 0.25) is 5.91 Å². The molecule has 2 aromatic rings. The molecule has 0 spiro atoms. The van der Waals surface area contributed by atoms with Crippen molar-refractivity contribution >= 4 is 17.8 Å². The van der Waals surface area contributed by atoms with Crippen molar-refractivity contribution in [1.82, 2.24) is 15.1 Å². The lowest BCUT2D eigenvalue weighted by Crippen LogP contribution is -2.73. The van der Waals surface area contributed by atoms with Crippen molar-refractivity contribution in [2.75, 3.05) is 13.1 Å². The Balaban J connectivity index is 1.48. The Morgan fingerprint density at radius 1 is 0.977 bits per heavy atom. The molecule has 2 aromatic carbocycles. The monoisotopic (exact) mass is 603 g/mol. The van der Waals surface area contributed by atoms with E-state index in [2.05, 4.69) is 17.0 Å². The fraction of sp³-hybridized carbons (Fsp3) is 0.531. The van der Waals surface area contributed by atoms with E-state index in [1.165, 1.54) is 24.3 Å². The van der Waals surface area contributed by atoms with Crippen LogP contribution in [0.3, 0.4) is 0 Å². The number of carbonyl (C=O) groups is 3. The fourth-order valence-electron chi connectivity index (χ4n) is 5.83. The SMILES string of the molecule is CCCC(NC(=O)N1C(=O)C(CC)(CC)C1Oc1ccc(C(=O)N2CCC(C)CC2)cc1)c1ccc(OC(F)(F)F)cc1. The Morgan fingerprint density at radius 3 is 2.09 bits per heavy atom. The molecular weight excluding hydrogens is 563 g/mol. The third-order valence-corrected chi connectivity index (χ3v) is 8.64. The van der Waals surface area contributed by atoms with E-state index in [9.17, 15) is 27.6 Å². The lowest BCUT2D eigenvalue weighted by molar-refractivity contribution is -0.274. The van der Waals surface area contributed by atoms with Gasteiger partial charge in [-0.15, -0.1) is 13.2 Å². The van der Waals surface area contributed by atoms with E-state index in [-0.39, 0.29) is 17.6 Å². The van der Waals surface area contributed by atoms with Gasteiger partial charge in [-0.25, -0.2) is 9.69 Å². The van der Waals surface area contributed by atoms with Crippen LogP contribution in [0.25, 0.3) is 0 Å². The van der Waals surface area contributed by atoms with Crippen molar-refractivity contribution in [1.29, 1.82) is 0 Å². The molecule has 4 rings (SSSR count). The topological polar surface area (TPSA) is 88.2 Å². The number of ether oxygens (including phenoxy) is 2. The predicted molar refractivity (Wildman–Crippen MR) is 154 cm³/mol. The summed E-state index contributed by atoms with van der Waals surface area (Å²) in [5.41, 5.74) is 0.232. The number of imide groups is 1. The number of benzene rings is 2. The van der Waals surface area contributed by atoms with Crippen LogP contribution >= 0.6 is 0 Å². The highest BCUT2D eigenvalue weighted by Crippen LogP contribution is 2.46. The Morgan fingerprint density at radius 2 is 1.56 bits per heavy atom. The largest absolute Gasteiger partial charge is 0.573 e. The Kier molecular flexibility index (Phi) is 9.92. The predicted octanol–water partition coefficient (Wildman–Crippen LogP) is 7.06. The van der Waals surface area contributed by atoms with E-state index >= 15 is 0 Å². The number of nitrogens with one attached hydrogen (secondary N) is 1. The van der Waals surface area contributed by atoms with Crippen molar-refractivity contribution in [2.24, 2.45) is 11.3 Å². The number of β-lactam (4-membered cyclic amide) rings is 1. The van der Waals surface area contributed by atoms with Gasteiger partial charge in [-0.2, -0.15) is 0 Å². The second kappa shape index (κ2) is 13.3. The van der Waals surface area contributed by atoms with Crippen molar-refractivity contribution in [3.63, 3.8) is 0 Å². The molecule has 8 nitrogen and oxygen atoms in total. The van der Waals surface area contributed by atoms with Crippen molar-refractivity contribution in [2.45, 2.75) is 84.9 Å². The number of carbonyl (C=O) groups excluding carboxylic acids is 3. The molecular formula is C32H40F3N3O5. The second-order valence-corrected chi connectivity index (χ2v) is 11.4. The van der Waals surface area contributed by atoms with Gasteiger partial charge in [0.25, 0.3) is 5.91 Å². The van der Waals surface area contributed by atoms with E-state index in [4.69, 9.17) is 4.74 Å². The quantitative estimate of drug-likeness (QED) is 0.294. The molecule has 43 heavy (non-hydrogen) atoms. The van der Waals surface area contributed by atoms with E-state index in [1.54, 1.807) is 24.3 Å². The zero-order valence-electron chi connectivity index (χ0n) is 25.1. The molecule has 2 atom stereocenters. The first-order valence-electron chi connectivity index (χ1n) is 15.0. The summed E-state index contributed by atoms with van der Waals surface area (Å²) in [6.45, 7) is 9.31. The van der Waals surface area contributed by atoms with Crippen molar-refractivity contribution in [3.05, 3.63) is 59.7 Å². The Labute approximate surface area is 250 Å². The Hall–Kier alpha value is -3.76. The third kappa shape index (κ3) is 7.08. The summed E-state index contributed by atoms with van der Waals surface area (Å²) in [5.74, 6) is 0.289. The first-order valence-corrected chi connectivity index (χ1v) is 15.0. The van der Waals surface area contributed by atoms with Crippen LogP contribution in [-0.4, -0.2) is 53.3 Å². The number of alkyl halides is 3. The maximum absolute atomic E-state index is 13.5. The van der Waals surface area contributed by atoms with Crippen LogP contribution in [0.2, 0.25) is 0 Å². The third-order valence-electron chi connectivity index (χ3n) is 8.64. The lowest BCUT2D eigenvalue weighted by atomic mass is 9.72. The molecule has 2 unspecified atom stereocenters. The maximum Gasteiger partial charge on any atom is 0.573 e. The molecule has 0 saturated carbocycles. The molecule has 234 valence electrons. The fourth-order valence-corrected chi connectivity index (χ4v) is 5.83. The van der Waals surface area contributed by atoms with Gasteiger partial charge in [0.15, 0.2) is 6.23 Å². The van der Waals surface area contributed by atoms with E-state index in [0.717, 1.165) is 30.8 Å². The smallest absolute Gasteiger partial charge is 0.469 e. The number of hydrogen-bond acceptors (Lipinski definition) is 5. The number of likely N-dealkylation sites (tertiary alicyclic amines) is 2.